The third-order valence-corrected chi connectivity index (χ3v) is 2.80. The van der Waals surface area contributed by atoms with Gasteiger partial charge in [-0.2, -0.15) is 0 Å². The number of aromatic nitrogens is 2. The first-order chi connectivity index (χ1) is 8.18. The Kier molecular flexibility index (Phi) is 3.44. The molecule has 0 aliphatic rings. The van der Waals surface area contributed by atoms with E-state index in [1.807, 2.05) is 29.9 Å². The van der Waals surface area contributed by atoms with E-state index >= 15 is 0 Å². The smallest absolute Gasteiger partial charge is 0.253 e. The van der Waals surface area contributed by atoms with E-state index in [4.69, 9.17) is 11.6 Å². The minimum atomic E-state index is -0.196. The summed E-state index contributed by atoms with van der Waals surface area (Å²) in [6.07, 6.45) is 4.93. The van der Waals surface area contributed by atoms with Crippen LogP contribution in [0.5, 0.6) is 0 Å². The zero-order chi connectivity index (χ0) is 12.3. The topological polar surface area (TPSA) is 46.9 Å². The minimum absolute atomic E-state index is 0.196. The van der Waals surface area contributed by atoms with Gasteiger partial charge in [0.2, 0.25) is 0 Å². The zero-order valence-corrected chi connectivity index (χ0v) is 10.1. The summed E-state index contributed by atoms with van der Waals surface area (Å²) in [7, 11) is 1.93. The zero-order valence-electron chi connectivity index (χ0n) is 9.35. The average Bonchev–Trinajstić information content (AvgIpc) is 2.72. The van der Waals surface area contributed by atoms with Gasteiger partial charge in [-0.1, -0.05) is 11.6 Å². The quantitative estimate of drug-likeness (QED) is 0.905. The Labute approximate surface area is 104 Å². The Morgan fingerprint density at radius 2 is 2.35 bits per heavy atom. The van der Waals surface area contributed by atoms with Crippen LogP contribution >= 0.6 is 11.6 Å². The van der Waals surface area contributed by atoms with E-state index in [0.717, 1.165) is 5.69 Å². The molecule has 0 fully saturated rings. The van der Waals surface area contributed by atoms with Crippen molar-refractivity contribution in [1.82, 2.24) is 14.9 Å². The van der Waals surface area contributed by atoms with Crippen LogP contribution in [0, 0.1) is 0 Å². The maximum atomic E-state index is 11.8. The fourth-order valence-corrected chi connectivity index (χ4v) is 1.71. The van der Waals surface area contributed by atoms with Crippen LogP contribution in [0.25, 0.3) is 0 Å². The van der Waals surface area contributed by atoms with E-state index in [2.05, 4.69) is 10.3 Å². The minimum Gasteiger partial charge on any atom is -0.353 e. The summed E-state index contributed by atoms with van der Waals surface area (Å²) in [5.74, 6) is -0.196. The first-order valence-corrected chi connectivity index (χ1v) is 5.54. The summed E-state index contributed by atoms with van der Waals surface area (Å²) < 4.78 is 1.95. The Morgan fingerprint density at radius 3 is 3.00 bits per heavy atom. The Balaban J connectivity index is 2.04. The fraction of sp³-hybridized carbons (Fsp3) is 0.167. The highest BCUT2D eigenvalue weighted by molar-refractivity contribution is 6.33. The lowest BCUT2D eigenvalue weighted by molar-refractivity contribution is 0.0950. The average molecular weight is 250 g/mol. The molecule has 4 nitrogen and oxygen atoms in total. The lowest BCUT2D eigenvalue weighted by Gasteiger charge is -2.07. The molecule has 88 valence electrons. The number of amides is 1. The summed E-state index contributed by atoms with van der Waals surface area (Å²) in [6.45, 7) is 0.473. The van der Waals surface area contributed by atoms with Crippen LogP contribution in [0.2, 0.25) is 5.02 Å². The molecule has 0 aliphatic carbocycles. The molecule has 0 aromatic carbocycles. The summed E-state index contributed by atoms with van der Waals surface area (Å²) in [5.41, 5.74) is 1.47. The lowest BCUT2D eigenvalue weighted by atomic mass is 10.2. The largest absolute Gasteiger partial charge is 0.353 e. The number of hydrogen-bond acceptors (Lipinski definition) is 2. The normalized spacial score (nSPS) is 10.2. The van der Waals surface area contributed by atoms with E-state index in [0.29, 0.717) is 17.1 Å². The number of halogens is 1. The van der Waals surface area contributed by atoms with Crippen molar-refractivity contribution in [3.8, 4) is 0 Å². The molecule has 2 heterocycles. The third-order valence-electron chi connectivity index (χ3n) is 2.50. The van der Waals surface area contributed by atoms with Crippen molar-refractivity contribution in [2.75, 3.05) is 0 Å². The molecular formula is C12H12ClN3O. The highest BCUT2D eigenvalue weighted by Crippen LogP contribution is 2.13. The standard InChI is InChI=1S/C12H12ClN3O/c1-16-6-2-3-9(16)7-15-12(17)10-4-5-14-8-11(10)13/h2-6,8H,7H2,1H3,(H,15,17). The molecule has 5 heteroatoms. The van der Waals surface area contributed by atoms with E-state index in [1.54, 1.807) is 12.3 Å². The number of carbonyl (C=O) groups excluding carboxylic acids is 1. The highest BCUT2D eigenvalue weighted by atomic mass is 35.5. The van der Waals surface area contributed by atoms with Crippen molar-refractivity contribution in [2.45, 2.75) is 6.54 Å². The number of carbonyl (C=O) groups is 1. The second-order valence-corrected chi connectivity index (χ2v) is 4.06. The molecule has 0 unspecified atom stereocenters. The van der Waals surface area contributed by atoms with Gasteiger partial charge in [0.15, 0.2) is 0 Å². The maximum absolute atomic E-state index is 11.8. The molecule has 0 atom stereocenters. The van der Waals surface area contributed by atoms with Gasteiger partial charge < -0.3 is 9.88 Å². The van der Waals surface area contributed by atoms with Crippen molar-refractivity contribution < 1.29 is 4.79 Å². The van der Waals surface area contributed by atoms with Crippen LogP contribution in [0.1, 0.15) is 16.1 Å². The molecule has 1 amide bonds. The second-order valence-electron chi connectivity index (χ2n) is 3.65. The van der Waals surface area contributed by atoms with E-state index in [9.17, 15) is 4.79 Å². The van der Waals surface area contributed by atoms with E-state index in [-0.39, 0.29) is 5.91 Å². The number of nitrogens with one attached hydrogen (secondary N) is 1. The van der Waals surface area contributed by atoms with Gasteiger partial charge >= 0.3 is 0 Å². The molecule has 0 saturated heterocycles. The van der Waals surface area contributed by atoms with Gasteiger partial charge in [-0.05, 0) is 18.2 Å². The molecular weight excluding hydrogens is 238 g/mol. The lowest BCUT2D eigenvalue weighted by Crippen LogP contribution is -2.24. The molecule has 0 saturated carbocycles. The summed E-state index contributed by atoms with van der Waals surface area (Å²) in [4.78, 5) is 15.7. The van der Waals surface area contributed by atoms with Gasteiger partial charge in [0.25, 0.3) is 5.91 Å². The molecule has 2 aromatic rings. The number of hydrogen-bond donors (Lipinski definition) is 1. The molecule has 0 spiro atoms. The second kappa shape index (κ2) is 5.01. The molecule has 2 aromatic heterocycles. The van der Waals surface area contributed by atoms with Crippen LogP contribution in [-0.2, 0) is 13.6 Å². The van der Waals surface area contributed by atoms with Gasteiger partial charge in [-0.3, -0.25) is 9.78 Å². The van der Waals surface area contributed by atoms with Crippen LogP contribution in [0.15, 0.2) is 36.8 Å². The van der Waals surface area contributed by atoms with Gasteiger partial charge in [-0.25, -0.2) is 0 Å². The van der Waals surface area contributed by atoms with Crippen molar-refractivity contribution in [1.29, 1.82) is 0 Å². The number of aryl methyl sites for hydroxylation is 1. The van der Waals surface area contributed by atoms with Gasteiger partial charge in [0.05, 0.1) is 17.1 Å². The van der Waals surface area contributed by atoms with Crippen molar-refractivity contribution in [3.05, 3.63) is 53.1 Å². The first-order valence-electron chi connectivity index (χ1n) is 5.16. The van der Waals surface area contributed by atoms with Gasteiger partial charge in [0.1, 0.15) is 0 Å². The summed E-state index contributed by atoms with van der Waals surface area (Å²) in [5, 5.41) is 3.17. The molecule has 0 radical (unpaired) electrons. The molecule has 0 aliphatic heterocycles. The number of pyridine rings is 1. The number of nitrogens with zero attached hydrogens (tertiary/aromatic N) is 2. The van der Waals surface area contributed by atoms with Crippen LogP contribution < -0.4 is 5.32 Å². The van der Waals surface area contributed by atoms with Crippen molar-refractivity contribution in [2.24, 2.45) is 7.05 Å². The SMILES string of the molecule is Cn1cccc1CNC(=O)c1ccncc1Cl. The molecule has 17 heavy (non-hydrogen) atoms. The van der Waals surface area contributed by atoms with Crippen LogP contribution in [0.3, 0.4) is 0 Å². The van der Waals surface area contributed by atoms with Crippen LogP contribution in [0.4, 0.5) is 0 Å². The molecule has 2 rings (SSSR count). The predicted molar refractivity (Wildman–Crippen MR) is 65.8 cm³/mol. The summed E-state index contributed by atoms with van der Waals surface area (Å²) >= 11 is 5.88. The maximum Gasteiger partial charge on any atom is 0.253 e. The van der Waals surface area contributed by atoms with Gasteiger partial charge in [-0.15, -0.1) is 0 Å². The first kappa shape index (κ1) is 11.7. The Morgan fingerprint density at radius 1 is 1.53 bits per heavy atom. The number of rotatable bonds is 3. The van der Waals surface area contributed by atoms with Crippen LogP contribution in [-0.4, -0.2) is 15.5 Å². The van der Waals surface area contributed by atoms with Gasteiger partial charge in [0, 0.05) is 31.3 Å². The summed E-state index contributed by atoms with van der Waals surface area (Å²) in [6, 6.07) is 5.48. The molecule has 1 N–H and O–H groups in total. The highest BCUT2D eigenvalue weighted by Gasteiger charge is 2.09. The predicted octanol–water partition coefficient (Wildman–Crippen LogP) is 2.00. The van der Waals surface area contributed by atoms with E-state index in [1.165, 1.54) is 6.20 Å². The van der Waals surface area contributed by atoms with E-state index < -0.39 is 0 Å². The monoisotopic (exact) mass is 249 g/mol. The Bertz CT molecular complexity index is 536. The Hall–Kier alpha value is -1.81. The fourth-order valence-electron chi connectivity index (χ4n) is 1.51. The van der Waals surface area contributed by atoms with Crippen molar-refractivity contribution >= 4 is 17.5 Å². The third kappa shape index (κ3) is 2.65. The molecule has 0 bridgehead atoms. The van der Waals surface area contributed by atoms with Crippen molar-refractivity contribution in [3.63, 3.8) is 0 Å².